The lowest BCUT2D eigenvalue weighted by Crippen LogP contribution is -2.59. The first-order chi connectivity index (χ1) is 15.4. The fourth-order valence-electron chi connectivity index (χ4n) is 4.84. The van der Waals surface area contributed by atoms with E-state index in [9.17, 15) is 4.79 Å². The third-order valence-corrected chi connectivity index (χ3v) is 6.70. The SMILES string of the molecule is C=C(C)C(=O)OCCCCCCN1c2ccccc2C(C)(C)C12C=Cc1ccccc1O2. The molecule has 1 unspecified atom stereocenters. The van der Waals surface area contributed by atoms with Crippen LogP contribution in [-0.4, -0.2) is 24.8 Å². The molecule has 0 aliphatic carbocycles. The second-order valence-electron chi connectivity index (χ2n) is 9.29. The molecule has 32 heavy (non-hydrogen) atoms. The number of hydrogen-bond donors (Lipinski definition) is 0. The van der Waals surface area contributed by atoms with Gasteiger partial charge in [-0.2, -0.15) is 0 Å². The fraction of sp³-hybridized carbons (Fsp3) is 0.393. The van der Waals surface area contributed by atoms with E-state index in [0.29, 0.717) is 12.2 Å². The van der Waals surface area contributed by atoms with Crippen molar-refractivity contribution in [3.63, 3.8) is 0 Å². The summed E-state index contributed by atoms with van der Waals surface area (Å²) in [7, 11) is 0. The van der Waals surface area contributed by atoms with Gasteiger partial charge in [0.15, 0.2) is 0 Å². The molecular formula is C28H33NO3. The van der Waals surface area contributed by atoms with Crippen LogP contribution in [0.3, 0.4) is 0 Å². The number of unbranched alkanes of at least 4 members (excludes halogenated alkanes) is 3. The molecule has 0 radical (unpaired) electrons. The van der Waals surface area contributed by atoms with Gasteiger partial charge >= 0.3 is 5.97 Å². The molecule has 4 rings (SSSR count). The van der Waals surface area contributed by atoms with Crippen LogP contribution in [0.15, 0.2) is 66.8 Å². The molecule has 0 N–H and O–H groups in total. The Hall–Kier alpha value is -3.01. The maximum absolute atomic E-state index is 11.5. The van der Waals surface area contributed by atoms with Crippen LogP contribution < -0.4 is 9.64 Å². The van der Waals surface area contributed by atoms with E-state index in [1.54, 1.807) is 6.92 Å². The van der Waals surface area contributed by atoms with Gasteiger partial charge in [-0.3, -0.25) is 0 Å². The number of hydrogen-bond acceptors (Lipinski definition) is 4. The van der Waals surface area contributed by atoms with Crippen LogP contribution in [0.2, 0.25) is 0 Å². The fourth-order valence-corrected chi connectivity index (χ4v) is 4.84. The monoisotopic (exact) mass is 431 g/mol. The number of ether oxygens (including phenoxy) is 2. The highest BCUT2D eigenvalue weighted by Gasteiger charge is 2.58. The first-order valence-electron chi connectivity index (χ1n) is 11.5. The van der Waals surface area contributed by atoms with E-state index < -0.39 is 5.72 Å². The number of benzene rings is 2. The maximum Gasteiger partial charge on any atom is 0.333 e. The van der Waals surface area contributed by atoms with Gasteiger partial charge < -0.3 is 14.4 Å². The quantitative estimate of drug-likeness (QED) is 0.281. The highest BCUT2D eigenvalue weighted by Crippen LogP contribution is 2.54. The lowest BCUT2D eigenvalue weighted by Gasteiger charge is -2.47. The number of carbonyl (C=O) groups is 1. The van der Waals surface area contributed by atoms with Crippen LogP contribution >= 0.6 is 0 Å². The van der Waals surface area contributed by atoms with Gasteiger partial charge in [-0.1, -0.05) is 49.4 Å². The summed E-state index contributed by atoms with van der Waals surface area (Å²) in [6.45, 7) is 11.2. The van der Waals surface area contributed by atoms with E-state index in [4.69, 9.17) is 9.47 Å². The van der Waals surface area contributed by atoms with Crippen LogP contribution in [0.25, 0.3) is 6.08 Å². The Bertz CT molecular complexity index is 1040. The molecule has 2 heterocycles. The minimum absolute atomic E-state index is 0.204. The van der Waals surface area contributed by atoms with Gasteiger partial charge in [-0.25, -0.2) is 4.79 Å². The molecular weight excluding hydrogens is 398 g/mol. The highest BCUT2D eigenvalue weighted by atomic mass is 16.5. The summed E-state index contributed by atoms with van der Waals surface area (Å²) < 4.78 is 12.0. The summed E-state index contributed by atoms with van der Waals surface area (Å²) in [5, 5.41) is 0. The van der Waals surface area contributed by atoms with Crippen LogP contribution in [0, 0.1) is 0 Å². The number of anilines is 1. The summed E-state index contributed by atoms with van der Waals surface area (Å²) in [4.78, 5) is 13.9. The van der Waals surface area contributed by atoms with E-state index in [2.05, 4.69) is 73.9 Å². The summed E-state index contributed by atoms with van der Waals surface area (Å²) >= 11 is 0. The Morgan fingerprint density at radius 2 is 1.75 bits per heavy atom. The lowest BCUT2D eigenvalue weighted by atomic mass is 9.76. The molecule has 168 valence electrons. The van der Waals surface area contributed by atoms with Gasteiger partial charge in [0.05, 0.1) is 12.0 Å². The summed E-state index contributed by atoms with van der Waals surface area (Å²) in [6.07, 6.45) is 8.45. The van der Waals surface area contributed by atoms with Crippen molar-refractivity contribution in [3.05, 3.63) is 77.9 Å². The Morgan fingerprint density at radius 1 is 1.03 bits per heavy atom. The predicted octanol–water partition coefficient (Wildman–Crippen LogP) is 6.27. The molecule has 1 spiro atoms. The zero-order valence-electron chi connectivity index (χ0n) is 19.4. The van der Waals surface area contributed by atoms with Crippen molar-refractivity contribution in [3.8, 4) is 5.75 Å². The molecule has 0 bridgehead atoms. The Morgan fingerprint density at radius 3 is 2.56 bits per heavy atom. The van der Waals surface area contributed by atoms with Crippen molar-refractivity contribution >= 4 is 17.7 Å². The topological polar surface area (TPSA) is 38.8 Å². The average molecular weight is 432 g/mol. The molecule has 0 saturated heterocycles. The van der Waals surface area contributed by atoms with Crippen molar-refractivity contribution in [2.45, 2.75) is 57.6 Å². The van der Waals surface area contributed by atoms with E-state index in [-0.39, 0.29) is 11.4 Å². The van der Waals surface area contributed by atoms with Crippen molar-refractivity contribution in [2.75, 3.05) is 18.1 Å². The number of nitrogens with zero attached hydrogens (tertiary/aromatic N) is 1. The third kappa shape index (κ3) is 3.83. The summed E-state index contributed by atoms with van der Waals surface area (Å²) in [5.74, 6) is 0.629. The first kappa shape index (κ1) is 22.2. The van der Waals surface area contributed by atoms with Crippen molar-refractivity contribution < 1.29 is 14.3 Å². The standard InChI is InChI=1S/C28H33NO3/c1-21(2)26(30)31-20-12-6-5-11-19-29-24-15-9-8-14-23(24)27(3,4)28(29)18-17-22-13-7-10-16-25(22)32-28/h7-10,13-18H,1,5-6,11-12,19-20H2,2-4H3. The van der Waals surface area contributed by atoms with Crippen molar-refractivity contribution in [2.24, 2.45) is 0 Å². The van der Waals surface area contributed by atoms with Crippen molar-refractivity contribution in [1.82, 2.24) is 0 Å². The van der Waals surface area contributed by atoms with Gasteiger partial charge in [0, 0.05) is 23.4 Å². The van der Waals surface area contributed by atoms with E-state index in [1.165, 1.54) is 11.3 Å². The molecule has 4 nitrogen and oxygen atoms in total. The molecule has 0 aromatic heterocycles. The first-order valence-corrected chi connectivity index (χ1v) is 11.5. The smallest absolute Gasteiger partial charge is 0.333 e. The molecule has 0 amide bonds. The molecule has 2 aromatic rings. The molecule has 1 atom stereocenters. The molecule has 0 fully saturated rings. The molecule has 2 aliphatic heterocycles. The van der Waals surface area contributed by atoms with E-state index in [0.717, 1.165) is 43.5 Å². The molecule has 4 heteroatoms. The zero-order chi connectivity index (χ0) is 22.8. The minimum Gasteiger partial charge on any atom is -0.463 e. The second kappa shape index (κ2) is 8.85. The van der Waals surface area contributed by atoms with Gasteiger partial charge in [-0.15, -0.1) is 0 Å². The van der Waals surface area contributed by atoms with Gasteiger partial charge in [0.1, 0.15) is 5.75 Å². The van der Waals surface area contributed by atoms with E-state index in [1.807, 2.05) is 12.1 Å². The Balaban J connectivity index is 1.46. The Labute approximate surface area is 191 Å². The Kier molecular flexibility index (Phi) is 6.14. The van der Waals surface area contributed by atoms with Gasteiger partial charge in [0.2, 0.25) is 5.72 Å². The second-order valence-corrected chi connectivity index (χ2v) is 9.29. The van der Waals surface area contributed by atoms with E-state index >= 15 is 0 Å². The highest BCUT2D eigenvalue weighted by molar-refractivity contribution is 5.86. The zero-order valence-corrected chi connectivity index (χ0v) is 19.4. The molecule has 0 saturated carbocycles. The predicted molar refractivity (Wildman–Crippen MR) is 130 cm³/mol. The van der Waals surface area contributed by atoms with Crippen LogP contribution in [0.1, 0.15) is 57.6 Å². The molecule has 2 aliphatic rings. The molecule has 2 aromatic carbocycles. The normalized spacial score (nSPS) is 19.9. The number of carbonyl (C=O) groups excluding carboxylic acids is 1. The van der Waals surface area contributed by atoms with Gasteiger partial charge in [0.25, 0.3) is 0 Å². The van der Waals surface area contributed by atoms with Crippen LogP contribution in [-0.2, 0) is 14.9 Å². The minimum atomic E-state index is -0.554. The number of rotatable bonds is 8. The van der Waals surface area contributed by atoms with Crippen molar-refractivity contribution in [1.29, 1.82) is 0 Å². The van der Waals surface area contributed by atoms with Crippen LogP contribution in [0.5, 0.6) is 5.75 Å². The third-order valence-electron chi connectivity index (χ3n) is 6.70. The maximum atomic E-state index is 11.5. The largest absolute Gasteiger partial charge is 0.463 e. The number of fused-ring (bicyclic) bond motifs is 2. The lowest BCUT2D eigenvalue weighted by molar-refractivity contribution is -0.139. The summed E-state index contributed by atoms with van der Waals surface area (Å²) in [6, 6.07) is 16.9. The average Bonchev–Trinajstić information content (AvgIpc) is 2.96. The number of para-hydroxylation sites is 2. The van der Waals surface area contributed by atoms with Gasteiger partial charge in [-0.05, 0) is 69.9 Å². The van der Waals surface area contributed by atoms with Crippen LogP contribution in [0.4, 0.5) is 5.69 Å². The number of esters is 1. The summed E-state index contributed by atoms with van der Waals surface area (Å²) in [5.41, 5.74) is 3.38.